The first-order valence-corrected chi connectivity index (χ1v) is 6.23. The lowest BCUT2D eigenvalue weighted by molar-refractivity contribution is -0.208. The van der Waals surface area contributed by atoms with Crippen LogP contribution in [0.2, 0.25) is 0 Å². The summed E-state index contributed by atoms with van der Waals surface area (Å²) in [6.07, 6.45) is 5.59. The van der Waals surface area contributed by atoms with Gasteiger partial charge in [-0.05, 0) is 19.3 Å². The number of carbonyl (C=O) groups excluding carboxylic acids is 1. The SMILES string of the molecule is O=C[C@@H]1C[C@H](O)[C@@H]2OC3(CCCCC3)O[C@@H]21. The van der Waals surface area contributed by atoms with E-state index in [-0.39, 0.29) is 18.1 Å². The maximum absolute atomic E-state index is 10.9. The zero-order chi connectivity index (χ0) is 11.2. The van der Waals surface area contributed by atoms with E-state index in [4.69, 9.17) is 9.47 Å². The number of hydrogen-bond acceptors (Lipinski definition) is 4. The van der Waals surface area contributed by atoms with Crippen LogP contribution in [0.1, 0.15) is 38.5 Å². The minimum atomic E-state index is -0.540. The van der Waals surface area contributed by atoms with E-state index in [2.05, 4.69) is 0 Å². The number of hydrogen-bond donors (Lipinski definition) is 1. The second kappa shape index (κ2) is 3.79. The molecule has 0 aromatic carbocycles. The highest BCUT2D eigenvalue weighted by molar-refractivity contribution is 5.56. The van der Waals surface area contributed by atoms with Gasteiger partial charge in [0.2, 0.25) is 0 Å². The molecule has 4 atom stereocenters. The Bertz CT molecular complexity index is 285. The van der Waals surface area contributed by atoms with Crippen molar-refractivity contribution >= 4 is 6.29 Å². The third-order valence-electron chi connectivity index (χ3n) is 4.13. The van der Waals surface area contributed by atoms with Gasteiger partial charge >= 0.3 is 0 Å². The average Bonchev–Trinajstić information content (AvgIpc) is 2.78. The molecule has 3 fully saturated rings. The van der Waals surface area contributed by atoms with E-state index in [1.807, 2.05) is 0 Å². The lowest BCUT2D eigenvalue weighted by Gasteiger charge is -2.33. The zero-order valence-corrected chi connectivity index (χ0v) is 9.30. The van der Waals surface area contributed by atoms with Crippen molar-refractivity contribution in [3.05, 3.63) is 0 Å². The molecule has 1 heterocycles. The second-order valence-electron chi connectivity index (χ2n) is 5.24. The molecule has 0 amide bonds. The van der Waals surface area contributed by atoms with Gasteiger partial charge in [-0.3, -0.25) is 0 Å². The van der Waals surface area contributed by atoms with Crippen LogP contribution < -0.4 is 0 Å². The van der Waals surface area contributed by atoms with Gasteiger partial charge in [0, 0.05) is 18.8 Å². The van der Waals surface area contributed by atoms with Gasteiger partial charge in [-0.2, -0.15) is 0 Å². The van der Waals surface area contributed by atoms with Gasteiger partial charge in [0.05, 0.1) is 12.2 Å². The molecule has 0 aromatic rings. The van der Waals surface area contributed by atoms with Crippen LogP contribution in [0.4, 0.5) is 0 Å². The Labute approximate surface area is 94.9 Å². The Morgan fingerprint density at radius 3 is 2.50 bits per heavy atom. The molecule has 16 heavy (non-hydrogen) atoms. The van der Waals surface area contributed by atoms with Crippen molar-refractivity contribution in [2.24, 2.45) is 5.92 Å². The fourth-order valence-corrected chi connectivity index (χ4v) is 3.29. The van der Waals surface area contributed by atoms with Crippen molar-refractivity contribution in [1.82, 2.24) is 0 Å². The minimum Gasteiger partial charge on any atom is -0.390 e. The third-order valence-corrected chi connectivity index (χ3v) is 4.13. The molecule has 0 bridgehead atoms. The molecule has 2 saturated carbocycles. The van der Waals surface area contributed by atoms with Crippen molar-refractivity contribution in [2.45, 2.75) is 62.6 Å². The molecule has 90 valence electrons. The van der Waals surface area contributed by atoms with Crippen LogP contribution in [0.5, 0.6) is 0 Å². The molecule has 1 saturated heterocycles. The van der Waals surface area contributed by atoms with Crippen molar-refractivity contribution in [2.75, 3.05) is 0 Å². The first-order chi connectivity index (χ1) is 7.74. The summed E-state index contributed by atoms with van der Waals surface area (Å²) in [5, 5.41) is 9.85. The van der Waals surface area contributed by atoms with Gasteiger partial charge < -0.3 is 19.4 Å². The van der Waals surface area contributed by atoms with Crippen LogP contribution in [0.25, 0.3) is 0 Å². The van der Waals surface area contributed by atoms with Crippen molar-refractivity contribution in [3.63, 3.8) is 0 Å². The molecule has 2 aliphatic carbocycles. The monoisotopic (exact) mass is 226 g/mol. The first kappa shape index (κ1) is 10.7. The van der Waals surface area contributed by atoms with Crippen LogP contribution in [0, 0.1) is 5.92 Å². The number of aliphatic hydroxyl groups excluding tert-OH is 1. The van der Waals surface area contributed by atoms with Crippen molar-refractivity contribution in [3.8, 4) is 0 Å². The third kappa shape index (κ3) is 1.51. The lowest BCUT2D eigenvalue weighted by atomic mass is 9.94. The number of aldehydes is 1. The molecule has 3 aliphatic rings. The number of rotatable bonds is 1. The quantitative estimate of drug-likeness (QED) is 0.678. The standard InChI is InChI=1S/C12H18O4/c13-7-8-6-9(14)11-10(8)15-12(16-11)4-2-1-3-5-12/h7-11,14H,1-6H2/t8-,9-,10+,11-/m0/s1. The fourth-order valence-electron chi connectivity index (χ4n) is 3.29. The van der Waals surface area contributed by atoms with Gasteiger partial charge in [0.25, 0.3) is 0 Å². The smallest absolute Gasteiger partial charge is 0.169 e. The first-order valence-electron chi connectivity index (χ1n) is 6.23. The van der Waals surface area contributed by atoms with Crippen LogP contribution in [0.3, 0.4) is 0 Å². The predicted molar refractivity (Wildman–Crippen MR) is 55.7 cm³/mol. The maximum Gasteiger partial charge on any atom is 0.169 e. The van der Waals surface area contributed by atoms with Gasteiger partial charge in [0.15, 0.2) is 5.79 Å². The van der Waals surface area contributed by atoms with Gasteiger partial charge in [0.1, 0.15) is 12.4 Å². The summed E-state index contributed by atoms with van der Waals surface area (Å²) < 4.78 is 11.9. The molecule has 0 unspecified atom stereocenters. The minimum absolute atomic E-state index is 0.193. The second-order valence-corrected chi connectivity index (χ2v) is 5.24. The Hall–Kier alpha value is -0.450. The Balaban J connectivity index is 1.78. The summed E-state index contributed by atoms with van der Waals surface area (Å²) in [6, 6.07) is 0. The van der Waals surface area contributed by atoms with E-state index >= 15 is 0 Å². The highest BCUT2D eigenvalue weighted by Gasteiger charge is 2.56. The maximum atomic E-state index is 10.9. The lowest BCUT2D eigenvalue weighted by Crippen LogP contribution is -2.36. The molecule has 4 nitrogen and oxygen atoms in total. The molecule has 0 aromatic heterocycles. The Morgan fingerprint density at radius 2 is 1.81 bits per heavy atom. The van der Waals surface area contributed by atoms with Gasteiger partial charge in [-0.1, -0.05) is 6.42 Å². The number of aliphatic hydroxyl groups is 1. The number of ether oxygens (including phenoxy) is 2. The van der Waals surface area contributed by atoms with Gasteiger partial charge in [-0.25, -0.2) is 0 Å². The van der Waals surface area contributed by atoms with Gasteiger partial charge in [-0.15, -0.1) is 0 Å². The van der Waals surface area contributed by atoms with E-state index < -0.39 is 11.9 Å². The van der Waals surface area contributed by atoms with Crippen LogP contribution in [0.15, 0.2) is 0 Å². The largest absolute Gasteiger partial charge is 0.390 e. The Morgan fingerprint density at radius 1 is 1.12 bits per heavy atom. The normalized spacial score (nSPS) is 45.8. The van der Waals surface area contributed by atoms with E-state index in [0.717, 1.165) is 32.0 Å². The van der Waals surface area contributed by atoms with E-state index in [0.29, 0.717) is 6.42 Å². The molecule has 0 radical (unpaired) electrons. The number of carbonyl (C=O) groups is 1. The fraction of sp³-hybridized carbons (Fsp3) is 0.917. The summed E-state index contributed by atoms with van der Waals surface area (Å²) >= 11 is 0. The summed E-state index contributed by atoms with van der Waals surface area (Å²) in [5.41, 5.74) is 0. The topological polar surface area (TPSA) is 55.8 Å². The summed E-state index contributed by atoms with van der Waals surface area (Å²) in [5.74, 6) is -0.683. The van der Waals surface area contributed by atoms with E-state index in [1.54, 1.807) is 0 Å². The zero-order valence-electron chi connectivity index (χ0n) is 9.30. The van der Waals surface area contributed by atoms with E-state index in [1.165, 1.54) is 6.42 Å². The van der Waals surface area contributed by atoms with Crippen LogP contribution >= 0.6 is 0 Å². The average molecular weight is 226 g/mol. The van der Waals surface area contributed by atoms with Crippen LogP contribution in [-0.2, 0) is 14.3 Å². The molecule has 1 N–H and O–H groups in total. The molecular formula is C12H18O4. The van der Waals surface area contributed by atoms with Crippen molar-refractivity contribution in [1.29, 1.82) is 0 Å². The Kier molecular flexibility index (Phi) is 2.53. The summed E-state index contributed by atoms with van der Waals surface area (Å²) in [6.45, 7) is 0. The molecule has 3 rings (SSSR count). The highest BCUT2D eigenvalue weighted by Crippen LogP contribution is 2.46. The van der Waals surface area contributed by atoms with Crippen LogP contribution in [-0.4, -0.2) is 35.5 Å². The molecular weight excluding hydrogens is 208 g/mol. The number of fused-ring (bicyclic) bond motifs is 1. The predicted octanol–water partition coefficient (Wildman–Crippen LogP) is 1.01. The highest BCUT2D eigenvalue weighted by atomic mass is 16.8. The molecule has 4 heteroatoms. The molecule has 1 spiro atoms. The summed E-state index contributed by atoms with van der Waals surface area (Å²) in [4.78, 5) is 10.9. The molecule has 1 aliphatic heterocycles. The summed E-state index contributed by atoms with van der Waals surface area (Å²) in [7, 11) is 0. The van der Waals surface area contributed by atoms with E-state index in [9.17, 15) is 9.90 Å². The van der Waals surface area contributed by atoms with Crippen molar-refractivity contribution < 1.29 is 19.4 Å².